The fourth-order valence-corrected chi connectivity index (χ4v) is 3.02. The molecule has 2 rings (SSSR count). The van der Waals surface area contributed by atoms with Gasteiger partial charge in [0.1, 0.15) is 0 Å². The molecule has 21 heavy (non-hydrogen) atoms. The lowest BCUT2D eigenvalue weighted by atomic mass is 10.1. The number of aromatic nitrogens is 1. The third-order valence-electron chi connectivity index (χ3n) is 3.48. The molecule has 0 aliphatic carbocycles. The average molecular weight is 349 g/mol. The van der Waals surface area contributed by atoms with Crippen molar-refractivity contribution in [3.63, 3.8) is 0 Å². The van der Waals surface area contributed by atoms with E-state index in [0.29, 0.717) is 0 Å². The largest absolute Gasteiger partial charge is 0.389 e. The van der Waals surface area contributed by atoms with Crippen molar-refractivity contribution in [1.82, 2.24) is 4.98 Å². The van der Waals surface area contributed by atoms with Crippen LogP contribution in [0.3, 0.4) is 0 Å². The van der Waals surface area contributed by atoms with Gasteiger partial charge in [-0.25, -0.2) is 0 Å². The predicted molar refractivity (Wildman–Crippen MR) is 90.5 cm³/mol. The molecule has 0 aliphatic heterocycles. The Labute approximate surface area is 134 Å². The molecular weight excluding hydrogens is 328 g/mol. The Kier molecular flexibility index (Phi) is 5.37. The van der Waals surface area contributed by atoms with E-state index in [0.717, 1.165) is 40.2 Å². The molecule has 0 aliphatic rings. The lowest BCUT2D eigenvalue weighted by Gasteiger charge is -2.24. The van der Waals surface area contributed by atoms with Crippen LogP contribution in [0.1, 0.15) is 36.9 Å². The van der Waals surface area contributed by atoms with Crippen LogP contribution in [0, 0.1) is 6.92 Å². The van der Waals surface area contributed by atoms with E-state index in [9.17, 15) is 5.11 Å². The molecule has 0 fully saturated rings. The minimum atomic E-state index is -0.470. The Balaban J connectivity index is 2.23. The first kappa shape index (κ1) is 16.0. The zero-order valence-corrected chi connectivity index (χ0v) is 14.3. The second-order valence-electron chi connectivity index (χ2n) is 5.17. The maximum Gasteiger partial charge on any atom is 0.0772 e. The standard InChI is InChI=1S/C17H21BrN2O/c1-4-20(11-14-7-5-6-12(2)19-14)15-8-9-16(13(3)21)17(18)10-15/h5-10,13,21H,4,11H2,1-3H3/t13-/m0/s1. The van der Waals surface area contributed by atoms with Gasteiger partial charge in [0.15, 0.2) is 0 Å². The molecule has 0 unspecified atom stereocenters. The number of anilines is 1. The summed E-state index contributed by atoms with van der Waals surface area (Å²) in [6.45, 7) is 7.59. The SMILES string of the molecule is CCN(Cc1cccc(C)n1)c1ccc([C@H](C)O)c(Br)c1. The summed E-state index contributed by atoms with van der Waals surface area (Å²) in [4.78, 5) is 6.82. The van der Waals surface area contributed by atoms with Gasteiger partial charge in [0.2, 0.25) is 0 Å². The Morgan fingerprint density at radius 2 is 2.05 bits per heavy atom. The van der Waals surface area contributed by atoms with Gasteiger partial charge in [-0.15, -0.1) is 0 Å². The summed E-state index contributed by atoms with van der Waals surface area (Å²) in [7, 11) is 0. The van der Waals surface area contributed by atoms with Gasteiger partial charge < -0.3 is 10.0 Å². The number of hydrogen-bond acceptors (Lipinski definition) is 3. The zero-order valence-electron chi connectivity index (χ0n) is 12.7. The molecule has 0 amide bonds. The smallest absolute Gasteiger partial charge is 0.0772 e. The van der Waals surface area contributed by atoms with E-state index in [1.165, 1.54) is 0 Å². The van der Waals surface area contributed by atoms with Crippen molar-refractivity contribution in [1.29, 1.82) is 0 Å². The van der Waals surface area contributed by atoms with E-state index < -0.39 is 6.10 Å². The molecule has 0 bridgehead atoms. The molecule has 1 heterocycles. The summed E-state index contributed by atoms with van der Waals surface area (Å²) in [5, 5.41) is 9.70. The predicted octanol–water partition coefficient (Wildman–Crippen LogP) is 4.23. The fraction of sp³-hybridized carbons (Fsp3) is 0.353. The molecule has 3 nitrogen and oxygen atoms in total. The molecule has 1 aromatic heterocycles. The molecular formula is C17H21BrN2O. The lowest BCUT2D eigenvalue weighted by molar-refractivity contribution is 0.198. The first-order chi connectivity index (χ1) is 10.0. The van der Waals surface area contributed by atoms with Gasteiger partial charge in [0, 0.05) is 22.4 Å². The third kappa shape index (κ3) is 4.05. The molecule has 0 spiro atoms. The van der Waals surface area contributed by atoms with Crippen molar-refractivity contribution in [2.75, 3.05) is 11.4 Å². The van der Waals surface area contributed by atoms with Crippen LogP contribution in [0.4, 0.5) is 5.69 Å². The monoisotopic (exact) mass is 348 g/mol. The first-order valence-corrected chi connectivity index (χ1v) is 7.95. The molecule has 4 heteroatoms. The van der Waals surface area contributed by atoms with E-state index in [-0.39, 0.29) is 0 Å². The summed E-state index contributed by atoms with van der Waals surface area (Å²) in [5.41, 5.74) is 4.13. The zero-order chi connectivity index (χ0) is 15.4. The minimum Gasteiger partial charge on any atom is -0.389 e. The summed E-state index contributed by atoms with van der Waals surface area (Å²) in [6.07, 6.45) is -0.470. The van der Waals surface area contributed by atoms with Gasteiger partial charge in [-0.1, -0.05) is 28.1 Å². The van der Waals surface area contributed by atoms with Crippen molar-refractivity contribution in [2.24, 2.45) is 0 Å². The maximum atomic E-state index is 9.70. The Hall–Kier alpha value is -1.39. The van der Waals surface area contributed by atoms with E-state index in [2.05, 4.69) is 44.9 Å². The van der Waals surface area contributed by atoms with Gasteiger partial charge in [-0.3, -0.25) is 4.98 Å². The van der Waals surface area contributed by atoms with Crippen LogP contribution >= 0.6 is 15.9 Å². The first-order valence-electron chi connectivity index (χ1n) is 7.16. The minimum absolute atomic E-state index is 0.470. The molecule has 2 aromatic rings. The number of aliphatic hydroxyl groups is 1. The highest BCUT2D eigenvalue weighted by Crippen LogP contribution is 2.28. The van der Waals surface area contributed by atoms with Gasteiger partial charge in [0.25, 0.3) is 0 Å². The highest BCUT2D eigenvalue weighted by Gasteiger charge is 2.11. The van der Waals surface area contributed by atoms with Crippen LogP contribution in [0.2, 0.25) is 0 Å². The number of aryl methyl sites for hydroxylation is 1. The Morgan fingerprint density at radius 3 is 2.62 bits per heavy atom. The van der Waals surface area contributed by atoms with Crippen LogP contribution in [-0.2, 0) is 6.54 Å². The molecule has 1 aromatic carbocycles. The normalized spacial score (nSPS) is 12.2. The molecule has 0 radical (unpaired) electrons. The van der Waals surface area contributed by atoms with Gasteiger partial charge >= 0.3 is 0 Å². The second-order valence-corrected chi connectivity index (χ2v) is 6.02. The number of pyridine rings is 1. The van der Waals surface area contributed by atoms with E-state index in [4.69, 9.17) is 0 Å². The van der Waals surface area contributed by atoms with Crippen molar-refractivity contribution in [3.8, 4) is 0 Å². The summed E-state index contributed by atoms with van der Waals surface area (Å²) >= 11 is 3.54. The molecule has 0 saturated heterocycles. The number of benzene rings is 1. The lowest BCUT2D eigenvalue weighted by Crippen LogP contribution is -2.22. The third-order valence-corrected chi connectivity index (χ3v) is 4.17. The van der Waals surface area contributed by atoms with Gasteiger partial charge in [-0.2, -0.15) is 0 Å². The number of aliphatic hydroxyl groups excluding tert-OH is 1. The van der Waals surface area contributed by atoms with Gasteiger partial charge in [0.05, 0.1) is 18.3 Å². The number of rotatable bonds is 5. The number of nitrogens with zero attached hydrogens (tertiary/aromatic N) is 2. The van der Waals surface area contributed by atoms with E-state index in [1.54, 1.807) is 6.92 Å². The summed E-state index contributed by atoms with van der Waals surface area (Å²) in [6, 6.07) is 12.2. The highest BCUT2D eigenvalue weighted by atomic mass is 79.9. The summed E-state index contributed by atoms with van der Waals surface area (Å²) < 4.78 is 0.936. The number of halogens is 1. The van der Waals surface area contributed by atoms with Crippen LogP contribution in [0.15, 0.2) is 40.9 Å². The van der Waals surface area contributed by atoms with Crippen molar-refractivity contribution >= 4 is 21.6 Å². The molecule has 0 saturated carbocycles. The van der Waals surface area contributed by atoms with Crippen LogP contribution in [0.5, 0.6) is 0 Å². The van der Waals surface area contributed by atoms with E-state index >= 15 is 0 Å². The molecule has 112 valence electrons. The quantitative estimate of drug-likeness (QED) is 0.878. The van der Waals surface area contributed by atoms with Crippen LogP contribution in [0.25, 0.3) is 0 Å². The maximum absolute atomic E-state index is 9.70. The van der Waals surface area contributed by atoms with Crippen molar-refractivity contribution in [3.05, 3.63) is 57.8 Å². The second kappa shape index (κ2) is 7.05. The Bertz CT molecular complexity index is 613. The highest BCUT2D eigenvalue weighted by molar-refractivity contribution is 9.10. The van der Waals surface area contributed by atoms with Crippen LogP contribution < -0.4 is 4.90 Å². The topological polar surface area (TPSA) is 36.4 Å². The Morgan fingerprint density at radius 1 is 1.29 bits per heavy atom. The molecule has 1 atom stereocenters. The number of hydrogen-bond donors (Lipinski definition) is 1. The van der Waals surface area contributed by atoms with Crippen LogP contribution in [-0.4, -0.2) is 16.6 Å². The van der Waals surface area contributed by atoms with Crippen molar-refractivity contribution < 1.29 is 5.11 Å². The van der Waals surface area contributed by atoms with E-state index in [1.807, 2.05) is 31.2 Å². The fourth-order valence-electron chi connectivity index (χ4n) is 2.32. The van der Waals surface area contributed by atoms with Crippen molar-refractivity contribution in [2.45, 2.75) is 33.4 Å². The molecule has 1 N–H and O–H groups in total. The summed E-state index contributed by atoms with van der Waals surface area (Å²) in [5.74, 6) is 0. The van der Waals surface area contributed by atoms with Gasteiger partial charge in [-0.05, 0) is 50.6 Å². The average Bonchev–Trinajstić information content (AvgIpc) is 2.44.